The Morgan fingerprint density at radius 1 is 1.00 bits per heavy atom. The number of ether oxygens (including phenoxy) is 3. The highest BCUT2D eigenvalue weighted by molar-refractivity contribution is 6.00. The highest BCUT2D eigenvalue weighted by atomic mass is 16.5. The third-order valence-corrected chi connectivity index (χ3v) is 3.48. The van der Waals surface area contributed by atoms with Crippen molar-refractivity contribution in [1.29, 1.82) is 0 Å². The molecule has 6 nitrogen and oxygen atoms in total. The monoisotopic (exact) mass is 332 g/mol. The molecule has 2 N–H and O–H groups in total. The molecular formula is C18H20O6. The normalized spacial score (nSPS) is 13.0. The van der Waals surface area contributed by atoms with Gasteiger partial charge < -0.3 is 24.4 Å². The molecule has 2 aromatic carbocycles. The number of aliphatic hydroxyl groups excluding tert-OH is 1. The van der Waals surface area contributed by atoms with E-state index in [-0.39, 0.29) is 17.1 Å². The third-order valence-electron chi connectivity index (χ3n) is 3.48. The Balaban J connectivity index is 2.32. The molecule has 0 amide bonds. The number of methoxy groups -OCH3 is 2. The number of rotatable bonds is 7. The van der Waals surface area contributed by atoms with Crippen molar-refractivity contribution in [2.75, 3.05) is 14.2 Å². The average Bonchev–Trinajstić information content (AvgIpc) is 2.59. The van der Waals surface area contributed by atoms with Crippen molar-refractivity contribution < 1.29 is 29.2 Å². The first-order valence-electron chi connectivity index (χ1n) is 7.37. The number of aliphatic hydroxyl groups is 1. The summed E-state index contributed by atoms with van der Waals surface area (Å²) in [5.74, 6) is 0.467. The first-order valence-corrected chi connectivity index (χ1v) is 7.37. The third kappa shape index (κ3) is 3.78. The van der Waals surface area contributed by atoms with Crippen molar-refractivity contribution >= 4 is 5.78 Å². The van der Waals surface area contributed by atoms with E-state index in [0.717, 1.165) is 0 Å². The molecular weight excluding hydrogens is 312 g/mol. The lowest BCUT2D eigenvalue weighted by molar-refractivity contribution is 0.0385. The number of Topliss-reactive ketones (excluding diaryl/α,β-unsaturated/α-hetero) is 1. The maximum atomic E-state index is 12.7. The van der Waals surface area contributed by atoms with Crippen LogP contribution in [0.5, 0.6) is 23.0 Å². The second-order valence-electron chi connectivity index (χ2n) is 5.18. The fourth-order valence-electron chi connectivity index (χ4n) is 2.22. The molecule has 6 heteroatoms. The second kappa shape index (κ2) is 7.70. The molecule has 0 radical (unpaired) electrons. The van der Waals surface area contributed by atoms with Gasteiger partial charge in [-0.05, 0) is 37.3 Å². The van der Waals surface area contributed by atoms with E-state index in [1.54, 1.807) is 24.3 Å². The lowest BCUT2D eigenvalue weighted by Gasteiger charge is -2.22. The molecule has 0 saturated carbocycles. The number of phenolic OH excluding ortho intramolecular Hbond substituents is 1. The Bertz CT molecular complexity index is 710. The van der Waals surface area contributed by atoms with Crippen LogP contribution in [0.15, 0.2) is 42.5 Å². The van der Waals surface area contributed by atoms with Gasteiger partial charge >= 0.3 is 0 Å². The van der Waals surface area contributed by atoms with Crippen molar-refractivity contribution in [2.24, 2.45) is 0 Å². The minimum Gasteiger partial charge on any atom is -0.504 e. The molecule has 2 atom stereocenters. The lowest BCUT2D eigenvalue weighted by Crippen LogP contribution is -2.37. The molecule has 128 valence electrons. The lowest BCUT2D eigenvalue weighted by atomic mass is 10.0. The zero-order chi connectivity index (χ0) is 17.7. The Kier molecular flexibility index (Phi) is 5.65. The molecule has 24 heavy (non-hydrogen) atoms. The quantitative estimate of drug-likeness (QED) is 0.758. The molecule has 2 unspecified atom stereocenters. The van der Waals surface area contributed by atoms with Crippen LogP contribution in [0.1, 0.15) is 17.3 Å². The summed E-state index contributed by atoms with van der Waals surface area (Å²) in [7, 11) is 2.88. The van der Waals surface area contributed by atoms with Gasteiger partial charge in [0.2, 0.25) is 5.78 Å². The van der Waals surface area contributed by atoms with E-state index >= 15 is 0 Å². The number of hydrogen-bond acceptors (Lipinski definition) is 6. The van der Waals surface area contributed by atoms with Crippen LogP contribution in [0.4, 0.5) is 0 Å². The molecule has 2 rings (SSSR count). The maximum Gasteiger partial charge on any atom is 0.206 e. The van der Waals surface area contributed by atoms with Gasteiger partial charge in [0.15, 0.2) is 29.1 Å². The summed E-state index contributed by atoms with van der Waals surface area (Å²) in [5, 5.41) is 19.6. The van der Waals surface area contributed by atoms with E-state index in [0.29, 0.717) is 11.5 Å². The number of phenols is 1. The second-order valence-corrected chi connectivity index (χ2v) is 5.18. The van der Waals surface area contributed by atoms with Gasteiger partial charge in [-0.3, -0.25) is 4.79 Å². The largest absolute Gasteiger partial charge is 0.504 e. The molecule has 0 aliphatic carbocycles. The number of benzene rings is 2. The van der Waals surface area contributed by atoms with E-state index in [1.165, 1.54) is 39.3 Å². The number of aromatic hydroxyl groups is 1. The molecule has 2 aromatic rings. The van der Waals surface area contributed by atoms with Crippen LogP contribution in [-0.2, 0) is 0 Å². The van der Waals surface area contributed by atoms with Crippen molar-refractivity contribution in [3.8, 4) is 23.0 Å². The standard InChI is InChI=1S/C18H20O6/c1-11(19)18(24-15-7-5-4-6-14(15)22-2)17(21)12-8-9-13(20)16(10-12)23-3/h4-11,18-20H,1-3H3. The highest BCUT2D eigenvalue weighted by Gasteiger charge is 2.28. The summed E-state index contributed by atoms with van der Waals surface area (Å²) >= 11 is 0. The van der Waals surface area contributed by atoms with Crippen molar-refractivity contribution in [3.63, 3.8) is 0 Å². The SMILES string of the molecule is COc1cc(C(=O)C(Oc2ccccc2OC)C(C)O)ccc1O. The molecule has 0 heterocycles. The van der Waals surface area contributed by atoms with E-state index in [2.05, 4.69) is 0 Å². The van der Waals surface area contributed by atoms with Gasteiger partial charge in [0.1, 0.15) is 0 Å². The number of para-hydroxylation sites is 2. The topological polar surface area (TPSA) is 85.2 Å². The van der Waals surface area contributed by atoms with Gasteiger partial charge in [-0.1, -0.05) is 12.1 Å². The van der Waals surface area contributed by atoms with Crippen molar-refractivity contribution in [2.45, 2.75) is 19.1 Å². The Morgan fingerprint density at radius 2 is 1.62 bits per heavy atom. The summed E-state index contributed by atoms with van der Waals surface area (Å²) in [5.41, 5.74) is 0.255. The maximum absolute atomic E-state index is 12.7. The smallest absolute Gasteiger partial charge is 0.206 e. The summed E-state index contributed by atoms with van der Waals surface area (Å²) in [6, 6.07) is 11.1. The van der Waals surface area contributed by atoms with E-state index in [1.807, 2.05) is 0 Å². The van der Waals surface area contributed by atoms with Crippen LogP contribution in [0.25, 0.3) is 0 Å². The molecule has 0 aliphatic heterocycles. The first-order chi connectivity index (χ1) is 11.5. The summed E-state index contributed by atoms with van der Waals surface area (Å²) < 4.78 is 15.9. The predicted octanol–water partition coefficient (Wildman–Crippen LogP) is 2.42. The minimum absolute atomic E-state index is 0.0757. The highest BCUT2D eigenvalue weighted by Crippen LogP contribution is 2.30. The summed E-state index contributed by atoms with van der Waals surface area (Å²) in [6.07, 6.45) is -2.18. The predicted molar refractivity (Wildman–Crippen MR) is 88.1 cm³/mol. The van der Waals surface area contributed by atoms with Crippen molar-refractivity contribution in [1.82, 2.24) is 0 Å². The molecule has 0 fully saturated rings. The van der Waals surface area contributed by atoms with E-state index in [4.69, 9.17) is 14.2 Å². The number of hydrogen-bond donors (Lipinski definition) is 2. The Hall–Kier alpha value is -2.73. The fraction of sp³-hybridized carbons (Fsp3) is 0.278. The fourth-order valence-corrected chi connectivity index (χ4v) is 2.22. The van der Waals surface area contributed by atoms with Crippen LogP contribution < -0.4 is 14.2 Å². The zero-order valence-corrected chi connectivity index (χ0v) is 13.7. The van der Waals surface area contributed by atoms with Crippen LogP contribution in [0, 0.1) is 0 Å². The van der Waals surface area contributed by atoms with Crippen LogP contribution in [0.3, 0.4) is 0 Å². The van der Waals surface area contributed by atoms with Crippen LogP contribution >= 0.6 is 0 Å². The van der Waals surface area contributed by atoms with Gasteiger partial charge in [-0.25, -0.2) is 0 Å². The van der Waals surface area contributed by atoms with Crippen molar-refractivity contribution in [3.05, 3.63) is 48.0 Å². The zero-order valence-electron chi connectivity index (χ0n) is 13.7. The number of carbonyl (C=O) groups is 1. The first kappa shape index (κ1) is 17.6. The van der Waals surface area contributed by atoms with Gasteiger partial charge in [0.05, 0.1) is 20.3 Å². The Morgan fingerprint density at radius 3 is 2.21 bits per heavy atom. The Labute approximate surface area is 140 Å². The van der Waals surface area contributed by atoms with Gasteiger partial charge in [0.25, 0.3) is 0 Å². The van der Waals surface area contributed by atoms with E-state index in [9.17, 15) is 15.0 Å². The van der Waals surface area contributed by atoms with Gasteiger partial charge in [-0.2, -0.15) is 0 Å². The number of ketones is 1. The molecule has 0 saturated heterocycles. The van der Waals surface area contributed by atoms with Gasteiger partial charge in [0, 0.05) is 5.56 Å². The van der Waals surface area contributed by atoms with Gasteiger partial charge in [-0.15, -0.1) is 0 Å². The summed E-state index contributed by atoms with van der Waals surface area (Å²) in [6.45, 7) is 1.47. The average molecular weight is 332 g/mol. The molecule has 0 spiro atoms. The van der Waals surface area contributed by atoms with Crippen LogP contribution in [0.2, 0.25) is 0 Å². The van der Waals surface area contributed by atoms with E-state index < -0.39 is 18.0 Å². The number of carbonyl (C=O) groups excluding carboxylic acids is 1. The molecule has 0 aromatic heterocycles. The summed E-state index contributed by atoms with van der Waals surface area (Å²) in [4.78, 5) is 12.7. The minimum atomic E-state index is -1.13. The van der Waals surface area contributed by atoms with Crippen LogP contribution in [-0.4, -0.2) is 42.4 Å². The molecule has 0 bridgehead atoms. The molecule has 0 aliphatic rings.